The molecule has 0 aliphatic rings. The van der Waals surface area contributed by atoms with Crippen molar-refractivity contribution in [2.75, 3.05) is 0 Å². The Morgan fingerprint density at radius 1 is 0.769 bits per heavy atom. The van der Waals surface area contributed by atoms with Gasteiger partial charge in [-0.25, -0.2) is 0 Å². The summed E-state index contributed by atoms with van der Waals surface area (Å²) < 4.78 is 126. The molecule has 0 spiro atoms. The quantitative estimate of drug-likeness (QED) is 0.130. The summed E-state index contributed by atoms with van der Waals surface area (Å²) in [5.74, 6) is 0. The van der Waals surface area contributed by atoms with Crippen LogP contribution in [-0.4, -0.2) is 20.5 Å². The molecule has 3 nitrogen and oxygen atoms in total. The Morgan fingerprint density at radius 2 is 1.54 bits per heavy atom. The van der Waals surface area contributed by atoms with Crippen LogP contribution in [0.25, 0.3) is 60.6 Å². The van der Waals surface area contributed by atoms with Crippen LogP contribution in [0.1, 0.15) is 44.3 Å². The van der Waals surface area contributed by atoms with Crippen LogP contribution >= 0.6 is 0 Å². The minimum Gasteiger partial charge on any atom is -0.315 e. The molecule has 0 N–H and O–H groups in total. The van der Waals surface area contributed by atoms with Crippen molar-refractivity contribution in [3.8, 4) is 22.5 Å². The number of pyridine rings is 2. The summed E-state index contributed by atoms with van der Waals surface area (Å²) in [6.07, 6.45) is -6.79. The van der Waals surface area contributed by atoms with E-state index >= 15 is 0 Å². The predicted molar refractivity (Wildman–Crippen MR) is 190 cm³/mol. The predicted octanol–water partition coefficient (Wildman–Crippen LogP) is 12.0. The molecule has 0 atom stereocenters. The Balaban J connectivity index is 0.000000203. The second-order valence-corrected chi connectivity index (χ2v) is 12.8. The van der Waals surface area contributed by atoms with Gasteiger partial charge in [-0.15, -0.1) is 71.3 Å². The molecule has 4 aromatic heterocycles. The van der Waals surface area contributed by atoms with Crippen LogP contribution in [0.2, 0.25) is 0 Å². The van der Waals surface area contributed by atoms with E-state index in [0.717, 1.165) is 55.4 Å². The second-order valence-electron chi connectivity index (χ2n) is 12.8. The maximum absolute atomic E-state index is 13.8. The number of fused-ring (bicyclic) bond motifs is 6. The topological polar surface area (TPSA) is 30.2 Å². The van der Waals surface area contributed by atoms with E-state index in [1.165, 1.54) is 26.0 Å². The Bertz CT molecular complexity index is 2740. The average Bonchev–Trinajstić information content (AvgIpc) is 3.67. The molecule has 4 heterocycles. The third-order valence-electron chi connectivity index (χ3n) is 9.00. The van der Waals surface area contributed by atoms with Crippen molar-refractivity contribution in [3.05, 3.63) is 138 Å². The molecule has 0 fully saturated rings. The fraction of sp³-hybridized carbons (Fsp3) is 0.190. The normalized spacial score (nSPS) is 14.5. The van der Waals surface area contributed by atoms with Crippen molar-refractivity contribution in [2.24, 2.45) is 5.41 Å². The van der Waals surface area contributed by atoms with Crippen LogP contribution in [-0.2, 0) is 32.7 Å². The van der Waals surface area contributed by atoms with E-state index in [-0.39, 0.29) is 43.3 Å². The van der Waals surface area contributed by atoms with Gasteiger partial charge in [0.15, 0.2) is 0 Å². The van der Waals surface area contributed by atoms with Gasteiger partial charge >= 0.3 is 12.4 Å². The number of benzene rings is 4. The smallest absolute Gasteiger partial charge is 0.315 e. The molecule has 0 bridgehead atoms. The molecule has 1 radical (unpaired) electrons. The Hall–Kier alpha value is -4.79. The number of alkyl halides is 6. The first-order valence-electron chi connectivity index (χ1n) is 18.8. The Kier molecular flexibility index (Phi) is 7.80. The van der Waals surface area contributed by atoms with Gasteiger partial charge in [-0.05, 0) is 42.2 Å². The molecule has 0 aliphatic heterocycles. The summed E-state index contributed by atoms with van der Waals surface area (Å²) in [6.45, 7) is -2.77. The largest absolute Gasteiger partial charge is 0.416 e. The molecule has 0 unspecified atom stereocenters. The molecule has 0 aliphatic carbocycles. The van der Waals surface area contributed by atoms with Crippen LogP contribution in [0, 0.1) is 31.3 Å². The van der Waals surface area contributed by atoms with Gasteiger partial charge in [0.05, 0.1) is 22.0 Å². The van der Waals surface area contributed by atoms with Gasteiger partial charge in [-0.1, -0.05) is 57.1 Å². The van der Waals surface area contributed by atoms with Gasteiger partial charge in [0.2, 0.25) is 0 Å². The molecule has 8 aromatic rings. The summed E-state index contributed by atoms with van der Waals surface area (Å²) in [5, 5.41) is 3.90. The summed E-state index contributed by atoms with van der Waals surface area (Å²) >= 11 is 0. The van der Waals surface area contributed by atoms with Gasteiger partial charge in [0.25, 0.3) is 0 Å². The van der Waals surface area contributed by atoms with E-state index < -0.39 is 42.6 Å². The van der Waals surface area contributed by atoms with Gasteiger partial charge in [0.1, 0.15) is 0 Å². The zero-order valence-corrected chi connectivity index (χ0v) is 29.9. The van der Waals surface area contributed by atoms with E-state index in [1.807, 2.05) is 66.7 Å². The summed E-state index contributed by atoms with van der Waals surface area (Å²) in [7, 11) is 0. The van der Waals surface area contributed by atoms with Crippen LogP contribution in [0.15, 0.2) is 103 Å². The molecule has 267 valence electrons. The molecule has 8 rings (SSSR count). The van der Waals surface area contributed by atoms with Gasteiger partial charge in [-0.3, -0.25) is 0 Å². The Labute approximate surface area is 318 Å². The number of rotatable bonds is 4. The number of para-hydroxylation sites is 1. The van der Waals surface area contributed by atoms with E-state index in [2.05, 4.69) is 21.5 Å². The maximum Gasteiger partial charge on any atom is 0.416 e. The van der Waals surface area contributed by atoms with Crippen molar-refractivity contribution in [1.82, 2.24) is 14.4 Å². The van der Waals surface area contributed by atoms with Gasteiger partial charge in [-0.2, -0.15) is 26.3 Å². The number of hydrogen-bond acceptors (Lipinski definition) is 2. The second kappa shape index (κ2) is 13.6. The van der Waals surface area contributed by atoms with Crippen LogP contribution in [0.4, 0.5) is 26.3 Å². The van der Waals surface area contributed by atoms with Gasteiger partial charge < -0.3 is 14.4 Å². The first-order chi connectivity index (χ1) is 26.6. The first kappa shape index (κ1) is 29.8. The molecule has 10 heteroatoms. The molecule has 0 saturated carbocycles. The van der Waals surface area contributed by atoms with Crippen LogP contribution in [0.5, 0.6) is 0 Å². The minimum atomic E-state index is -4.86. The first-order valence-corrected chi connectivity index (χ1v) is 15.8. The number of halogens is 6. The Morgan fingerprint density at radius 3 is 2.21 bits per heavy atom. The minimum absolute atomic E-state index is 0. The number of aryl methyl sites for hydroxylation is 2. The third kappa shape index (κ3) is 6.54. The molecule has 52 heavy (non-hydrogen) atoms. The van der Waals surface area contributed by atoms with Crippen LogP contribution < -0.4 is 0 Å². The summed E-state index contributed by atoms with van der Waals surface area (Å²) in [4.78, 5) is 8.44. The van der Waals surface area contributed by atoms with E-state index in [1.54, 1.807) is 6.20 Å². The third-order valence-corrected chi connectivity index (χ3v) is 9.00. The van der Waals surface area contributed by atoms with Crippen LogP contribution in [0.3, 0.4) is 0 Å². The zero-order chi connectivity index (χ0) is 41.3. The molecule has 0 saturated heterocycles. The number of aromatic nitrogens is 3. The zero-order valence-electron chi connectivity index (χ0n) is 33.5. The van der Waals surface area contributed by atoms with Crippen molar-refractivity contribution < 1.29 is 54.7 Å². The van der Waals surface area contributed by atoms with Gasteiger partial charge in [0, 0.05) is 73.5 Å². The molecule has 4 aromatic carbocycles. The van der Waals surface area contributed by atoms with Crippen molar-refractivity contribution in [1.29, 1.82) is 0 Å². The van der Waals surface area contributed by atoms with Crippen molar-refractivity contribution >= 4 is 38.1 Å². The van der Waals surface area contributed by atoms with E-state index in [4.69, 9.17) is 13.2 Å². The summed E-state index contributed by atoms with van der Waals surface area (Å²) in [6, 6.07) is 31.6. The molecule has 0 amide bonds. The molecular weight excluding hydrogens is 853 g/mol. The van der Waals surface area contributed by atoms with Crippen molar-refractivity contribution in [2.45, 2.75) is 46.3 Å². The van der Waals surface area contributed by atoms with E-state index in [9.17, 15) is 26.3 Å². The average molecular weight is 890 g/mol. The fourth-order valence-electron chi connectivity index (χ4n) is 6.40. The SMILES string of the molecule is CC(C)(Cc1ccc2c3ccnc(-c4[c-]cccc4)c3n3c4ccccc4c1c23)C(F)(F)F.[2H]C([2H])([2H])c1c[c-]c(-c2cc(C(F)(F)F)c(C([2H])([2H])[2H])cn2)cc1.[Ir]. The monoisotopic (exact) mass is 890 g/mol. The number of hydrogen-bond donors (Lipinski definition) is 0. The van der Waals surface area contributed by atoms with Crippen molar-refractivity contribution in [3.63, 3.8) is 0 Å². The maximum atomic E-state index is 13.8. The van der Waals surface area contributed by atoms with E-state index in [0.29, 0.717) is 17.8 Å². The summed E-state index contributed by atoms with van der Waals surface area (Å²) in [5.41, 5.74) is 1.21. The number of nitrogens with zero attached hydrogens (tertiary/aromatic N) is 3. The standard InChI is InChI=1S/C28H20F3N2.C14H11F3N.Ir/c1-27(2,28(29,30)31)16-18-12-13-19-20-14-15-32-24(17-8-4-3-5-9-17)26(20)33-22-11-7-6-10-21(22)23(18)25(19)33;1-9-3-5-11(6-4-9)13-7-12(14(15,16)17)10(2)8-18-13;/h3-8,10-15H,16H2,1-2H3;3-5,7-8H,1-2H3;/q2*-1;/i;1D3,2D3;. The molecular formula is C42H31F6IrN3-2. The fourth-order valence-corrected chi connectivity index (χ4v) is 6.40.